The molecule has 2 N–H and O–H groups in total. The number of ether oxygens (including phenoxy) is 2. The second kappa shape index (κ2) is 15.8. The van der Waals surface area contributed by atoms with Crippen molar-refractivity contribution >= 4 is 75.4 Å². The molecular weight excluding hydrogens is 633 g/mol. The number of nitrogens with one attached hydrogen (secondary N) is 2. The zero-order valence-electron chi connectivity index (χ0n) is 25.3. The number of para-hydroxylation sites is 1. The fourth-order valence-electron chi connectivity index (χ4n) is 4.21. The van der Waals surface area contributed by atoms with Crippen LogP contribution in [0.15, 0.2) is 66.9 Å². The zero-order chi connectivity index (χ0) is 33.2. The molecule has 4 rings (SSSR count). The van der Waals surface area contributed by atoms with Crippen molar-refractivity contribution in [2.45, 2.75) is 26.9 Å². The summed E-state index contributed by atoms with van der Waals surface area (Å²) in [4.78, 5) is 58.6. The largest absolute Gasteiger partial charge is 0.487 e. The highest BCUT2D eigenvalue weighted by Gasteiger charge is 2.19. The number of pyridine rings is 2. The number of rotatable bonds is 12. The number of halogens is 2. The van der Waals surface area contributed by atoms with E-state index in [9.17, 15) is 19.2 Å². The van der Waals surface area contributed by atoms with Crippen LogP contribution in [0.3, 0.4) is 0 Å². The first-order chi connectivity index (χ1) is 22.0. The topological polar surface area (TPSA) is 140 Å². The van der Waals surface area contributed by atoms with Crippen LogP contribution in [-0.4, -0.2) is 53.9 Å². The average molecular weight is 665 g/mol. The first kappa shape index (κ1) is 33.9. The van der Waals surface area contributed by atoms with Crippen LogP contribution in [0, 0.1) is 6.92 Å². The molecule has 0 saturated heterocycles. The standard InChI is InChI=1S/C33H31Cl2N5O6/c1-4-45-31(44)16-29(42)39-27-14-9-21(17-36-27)10-15-28(41)37-18-30(43)40(3)25-13-12-24(34)23(32(25)35)19-46-26-7-5-6-22-11-8-20(2)38-33(22)26/h5-15,17H,4,16,18-19H2,1-3H3,(H,37,41)(H,36,39,42). The Morgan fingerprint density at radius 1 is 1.02 bits per heavy atom. The molecule has 238 valence electrons. The van der Waals surface area contributed by atoms with Crippen LogP contribution in [0.4, 0.5) is 11.5 Å². The zero-order valence-corrected chi connectivity index (χ0v) is 26.8. The highest BCUT2D eigenvalue weighted by molar-refractivity contribution is 6.38. The summed E-state index contributed by atoms with van der Waals surface area (Å²) < 4.78 is 10.8. The van der Waals surface area contributed by atoms with Gasteiger partial charge in [0.05, 0.1) is 23.9 Å². The molecule has 11 nitrogen and oxygen atoms in total. The number of anilines is 2. The van der Waals surface area contributed by atoms with E-state index >= 15 is 0 Å². The highest BCUT2D eigenvalue weighted by atomic mass is 35.5. The Bertz CT molecular complexity index is 1800. The third-order valence-electron chi connectivity index (χ3n) is 6.60. The summed E-state index contributed by atoms with van der Waals surface area (Å²) in [6.45, 7) is 3.48. The minimum Gasteiger partial charge on any atom is -0.487 e. The van der Waals surface area contributed by atoms with E-state index in [1.165, 1.54) is 29.3 Å². The number of carbonyl (C=O) groups is 4. The van der Waals surface area contributed by atoms with Gasteiger partial charge in [0.15, 0.2) is 0 Å². The van der Waals surface area contributed by atoms with Crippen molar-refractivity contribution in [1.29, 1.82) is 0 Å². The molecule has 4 aromatic rings. The minimum absolute atomic E-state index is 0.0413. The SMILES string of the molecule is CCOC(=O)CC(=O)Nc1ccc(C=CC(=O)NCC(=O)N(C)c2ccc(Cl)c(COc3cccc4ccc(C)nc34)c2Cl)cn1. The second-order valence-electron chi connectivity index (χ2n) is 9.94. The summed E-state index contributed by atoms with van der Waals surface area (Å²) in [5.74, 6) is -1.31. The van der Waals surface area contributed by atoms with Crippen molar-refractivity contribution in [2.24, 2.45) is 0 Å². The lowest BCUT2D eigenvalue weighted by Gasteiger charge is -2.21. The van der Waals surface area contributed by atoms with E-state index in [0.717, 1.165) is 11.1 Å². The number of hydrogen-bond acceptors (Lipinski definition) is 8. The molecule has 0 bridgehead atoms. The third kappa shape index (κ3) is 9.02. The Morgan fingerprint density at radius 2 is 1.83 bits per heavy atom. The molecule has 3 amide bonds. The Hall–Kier alpha value is -5.00. The van der Waals surface area contributed by atoms with Gasteiger partial charge in [-0.25, -0.2) is 9.97 Å². The van der Waals surface area contributed by atoms with Crippen LogP contribution in [-0.2, 0) is 30.5 Å². The lowest BCUT2D eigenvalue weighted by atomic mass is 10.1. The minimum atomic E-state index is -0.633. The quantitative estimate of drug-likeness (QED) is 0.115. The van der Waals surface area contributed by atoms with E-state index in [0.29, 0.717) is 33.1 Å². The maximum Gasteiger partial charge on any atom is 0.315 e. The predicted molar refractivity (Wildman–Crippen MR) is 177 cm³/mol. The Labute approximate surface area is 275 Å². The summed E-state index contributed by atoms with van der Waals surface area (Å²) in [5, 5.41) is 6.58. The first-order valence-electron chi connectivity index (χ1n) is 14.2. The van der Waals surface area contributed by atoms with Crippen LogP contribution in [0.2, 0.25) is 10.0 Å². The maximum absolute atomic E-state index is 12.9. The van der Waals surface area contributed by atoms with Crippen LogP contribution in [0.1, 0.15) is 30.2 Å². The molecule has 2 aromatic heterocycles. The van der Waals surface area contributed by atoms with Crippen molar-refractivity contribution in [2.75, 3.05) is 30.4 Å². The van der Waals surface area contributed by atoms with Gasteiger partial charge < -0.3 is 25.0 Å². The van der Waals surface area contributed by atoms with E-state index in [4.69, 9.17) is 32.7 Å². The number of amides is 3. The van der Waals surface area contributed by atoms with Gasteiger partial charge in [-0.2, -0.15) is 0 Å². The average Bonchev–Trinajstić information content (AvgIpc) is 3.03. The van der Waals surface area contributed by atoms with Crippen molar-refractivity contribution < 1.29 is 28.7 Å². The molecular formula is C33H31Cl2N5O6. The van der Waals surface area contributed by atoms with Gasteiger partial charge in [-0.1, -0.05) is 41.4 Å². The smallest absolute Gasteiger partial charge is 0.315 e. The number of aryl methyl sites for hydroxylation is 1. The lowest BCUT2D eigenvalue weighted by Crippen LogP contribution is -2.37. The molecule has 0 aliphatic heterocycles. The fraction of sp³-hybridized carbons (Fsp3) is 0.212. The molecule has 0 radical (unpaired) electrons. The maximum atomic E-state index is 12.9. The molecule has 0 unspecified atom stereocenters. The number of esters is 1. The Kier molecular flexibility index (Phi) is 11.7. The summed E-state index contributed by atoms with van der Waals surface area (Å²) in [7, 11) is 1.54. The van der Waals surface area contributed by atoms with E-state index < -0.39 is 30.1 Å². The summed E-state index contributed by atoms with van der Waals surface area (Å²) in [6.07, 6.45) is 3.76. The van der Waals surface area contributed by atoms with Gasteiger partial charge in [-0.05, 0) is 61.9 Å². The van der Waals surface area contributed by atoms with Gasteiger partial charge in [-0.3, -0.25) is 19.2 Å². The normalized spacial score (nSPS) is 10.9. The fourth-order valence-corrected chi connectivity index (χ4v) is 4.82. The van der Waals surface area contributed by atoms with Crippen molar-refractivity contribution in [3.05, 3.63) is 93.7 Å². The number of nitrogens with zero attached hydrogens (tertiary/aromatic N) is 3. The molecule has 13 heteroatoms. The number of benzene rings is 2. The van der Waals surface area contributed by atoms with Crippen molar-refractivity contribution in [3.8, 4) is 5.75 Å². The first-order valence-corrected chi connectivity index (χ1v) is 14.9. The van der Waals surface area contributed by atoms with E-state index in [1.807, 2.05) is 37.3 Å². The van der Waals surface area contributed by atoms with E-state index in [2.05, 4.69) is 20.6 Å². The number of fused-ring (bicyclic) bond motifs is 1. The van der Waals surface area contributed by atoms with Gasteiger partial charge in [-0.15, -0.1) is 0 Å². The van der Waals surface area contributed by atoms with Crippen molar-refractivity contribution in [1.82, 2.24) is 15.3 Å². The van der Waals surface area contributed by atoms with Gasteiger partial charge in [0.2, 0.25) is 17.7 Å². The van der Waals surface area contributed by atoms with Gasteiger partial charge in [0, 0.05) is 41.0 Å². The Balaban J connectivity index is 1.32. The monoisotopic (exact) mass is 663 g/mol. The lowest BCUT2D eigenvalue weighted by molar-refractivity contribution is -0.145. The van der Waals surface area contributed by atoms with Gasteiger partial charge >= 0.3 is 5.97 Å². The van der Waals surface area contributed by atoms with E-state index in [1.54, 1.807) is 32.2 Å². The molecule has 0 aliphatic carbocycles. The molecule has 2 heterocycles. The molecule has 0 atom stereocenters. The molecule has 46 heavy (non-hydrogen) atoms. The molecule has 0 fully saturated rings. The predicted octanol–water partition coefficient (Wildman–Crippen LogP) is 5.51. The molecule has 0 aliphatic rings. The Morgan fingerprint density at radius 3 is 2.57 bits per heavy atom. The van der Waals surface area contributed by atoms with Gasteiger partial charge in [0.25, 0.3) is 0 Å². The summed E-state index contributed by atoms with van der Waals surface area (Å²) in [6, 6.07) is 15.9. The van der Waals surface area contributed by atoms with Crippen LogP contribution >= 0.6 is 23.2 Å². The molecule has 2 aromatic carbocycles. The summed E-state index contributed by atoms with van der Waals surface area (Å²) >= 11 is 13.1. The van der Waals surface area contributed by atoms with Crippen LogP contribution in [0.25, 0.3) is 17.0 Å². The summed E-state index contributed by atoms with van der Waals surface area (Å²) in [5.41, 5.74) is 3.03. The number of hydrogen-bond donors (Lipinski definition) is 2. The number of likely N-dealkylation sites (N-methyl/N-ethyl adjacent to an activating group) is 1. The van der Waals surface area contributed by atoms with Crippen LogP contribution in [0.5, 0.6) is 5.75 Å². The molecule has 0 spiro atoms. The third-order valence-corrected chi connectivity index (χ3v) is 7.38. The second-order valence-corrected chi connectivity index (χ2v) is 10.7. The number of carbonyl (C=O) groups excluding carboxylic acids is 4. The van der Waals surface area contributed by atoms with Gasteiger partial charge in [0.1, 0.15) is 30.1 Å². The number of aromatic nitrogens is 2. The highest BCUT2D eigenvalue weighted by Crippen LogP contribution is 2.35. The van der Waals surface area contributed by atoms with Crippen molar-refractivity contribution in [3.63, 3.8) is 0 Å². The van der Waals surface area contributed by atoms with E-state index in [-0.39, 0.29) is 30.6 Å². The van der Waals surface area contributed by atoms with Crippen LogP contribution < -0.4 is 20.3 Å². The molecule has 0 saturated carbocycles.